The summed E-state index contributed by atoms with van der Waals surface area (Å²) in [6, 6.07) is 3.36. The van der Waals surface area contributed by atoms with Crippen LogP contribution in [-0.4, -0.2) is 36.1 Å². The molecule has 2 aliphatic heterocycles. The molecule has 18 heavy (non-hydrogen) atoms. The zero-order valence-electron chi connectivity index (χ0n) is 12.2. The normalized spacial score (nSPS) is 46.0. The summed E-state index contributed by atoms with van der Waals surface area (Å²) >= 11 is 0. The SMILES string of the molecule is CC1CCCCC1NC1CC2CCCC(C1)N2C. The van der Waals surface area contributed by atoms with Crippen LogP contribution in [0.25, 0.3) is 0 Å². The quantitative estimate of drug-likeness (QED) is 0.810. The van der Waals surface area contributed by atoms with Gasteiger partial charge in [0.15, 0.2) is 0 Å². The molecule has 2 bridgehead atoms. The number of fused-ring (bicyclic) bond motifs is 2. The topological polar surface area (TPSA) is 15.3 Å². The fourth-order valence-electron chi connectivity index (χ4n) is 4.62. The van der Waals surface area contributed by atoms with Gasteiger partial charge in [0.1, 0.15) is 0 Å². The lowest BCUT2D eigenvalue weighted by molar-refractivity contribution is 0.0420. The van der Waals surface area contributed by atoms with E-state index < -0.39 is 0 Å². The van der Waals surface area contributed by atoms with Gasteiger partial charge in [-0.25, -0.2) is 0 Å². The van der Waals surface area contributed by atoms with Crippen molar-refractivity contribution >= 4 is 0 Å². The predicted molar refractivity (Wildman–Crippen MR) is 76.8 cm³/mol. The van der Waals surface area contributed by atoms with Gasteiger partial charge in [0.25, 0.3) is 0 Å². The minimum Gasteiger partial charge on any atom is -0.311 e. The van der Waals surface area contributed by atoms with Crippen molar-refractivity contribution < 1.29 is 0 Å². The molecule has 1 saturated carbocycles. The van der Waals surface area contributed by atoms with Crippen molar-refractivity contribution in [3.05, 3.63) is 0 Å². The van der Waals surface area contributed by atoms with Gasteiger partial charge in [-0.15, -0.1) is 0 Å². The molecule has 3 fully saturated rings. The van der Waals surface area contributed by atoms with Gasteiger partial charge in [0.2, 0.25) is 0 Å². The van der Waals surface area contributed by atoms with Gasteiger partial charge in [0.05, 0.1) is 0 Å². The molecule has 3 aliphatic rings. The average molecular weight is 250 g/mol. The number of rotatable bonds is 2. The fourth-order valence-corrected chi connectivity index (χ4v) is 4.62. The Bertz CT molecular complexity index is 264. The zero-order valence-corrected chi connectivity index (χ0v) is 12.2. The third-order valence-electron chi connectivity index (χ3n) is 5.90. The molecule has 0 aromatic rings. The summed E-state index contributed by atoms with van der Waals surface area (Å²) in [5.74, 6) is 0.901. The van der Waals surface area contributed by atoms with Crippen LogP contribution in [0.4, 0.5) is 0 Å². The van der Waals surface area contributed by atoms with E-state index in [9.17, 15) is 0 Å². The van der Waals surface area contributed by atoms with Crippen molar-refractivity contribution in [2.45, 2.75) is 88.9 Å². The second kappa shape index (κ2) is 5.50. The van der Waals surface area contributed by atoms with E-state index in [1.807, 2.05) is 0 Å². The molecular weight excluding hydrogens is 220 g/mol. The van der Waals surface area contributed by atoms with E-state index in [1.54, 1.807) is 0 Å². The first-order chi connectivity index (χ1) is 8.74. The first-order valence-electron chi connectivity index (χ1n) is 8.22. The first kappa shape index (κ1) is 12.9. The molecule has 0 aromatic heterocycles. The molecule has 2 heteroatoms. The molecule has 4 unspecified atom stereocenters. The first-order valence-corrected chi connectivity index (χ1v) is 8.22. The molecule has 2 saturated heterocycles. The van der Waals surface area contributed by atoms with Gasteiger partial charge in [-0.2, -0.15) is 0 Å². The molecule has 2 heterocycles. The minimum absolute atomic E-state index is 0.807. The van der Waals surface area contributed by atoms with E-state index in [4.69, 9.17) is 0 Å². The summed E-state index contributed by atoms with van der Waals surface area (Å²) < 4.78 is 0. The molecule has 3 rings (SSSR count). The Balaban J connectivity index is 1.57. The predicted octanol–water partition coefficient (Wildman–Crippen LogP) is 3.17. The Hall–Kier alpha value is -0.0800. The molecule has 0 amide bonds. The Morgan fingerprint density at radius 3 is 2.22 bits per heavy atom. The van der Waals surface area contributed by atoms with Gasteiger partial charge in [-0.3, -0.25) is 0 Å². The van der Waals surface area contributed by atoms with Crippen LogP contribution < -0.4 is 5.32 Å². The second-order valence-electron chi connectivity index (χ2n) is 7.11. The number of nitrogens with zero attached hydrogens (tertiary/aromatic N) is 1. The highest BCUT2D eigenvalue weighted by molar-refractivity contribution is 4.95. The lowest BCUT2D eigenvalue weighted by Gasteiger charge is -2.48. The Morgan fingerprint density at radius 2 is 1.56 bits per heavy atom. The molecule has 0 spiro atoms. The average Bonchev–Trinajstić information content (AvgIpc) is 2.33. The van der Waals surface area contributed by atoms with Crippen molar-refractivity contribution in [3.63, 3.8) is 0 Å². The molecule has 1 aliphatic carbocycles. The summed E-state index contributed by atoms with van der Waals surface area (Å²) in [7, 11) is 2.36. The molecule has 1 N–H and O–H groups in total. The van der Waals surface area contributed by atoms with Crippen molar-refractivity contribution in [1.29, 1.82) is 0 Å². The number of hydrogen-bond acceptors (Lipinski definition) is 2. The van der Waals surface area contributed by atoms with E-state index in [1.165, 1.54) is 57.8 Å². The molecular formula is C16H30N2. The van der Waals surface area contributed by atoms with Crippen LogP contribution >= 0.6 is 0 Å². The smallest absolute Gasteiger partial charge is 0.0110 e. The summed E-state index contributed by atoms with van der Waals surface area (Å²) in [6.07, 6.45) is 12.9. The van der Waals surface area contributed by atoms with Crippen LogP contribution in [0.2, 0.25) is 0 Å². The maximum atomic E-state index is 4.03. The van der Waals surface area contributed by atoms with Gasteiger partial charge in [-0.1, -0.05) is 26.2 Å². The largest absolute Gasteiger partial charge is 0.311 e. The van der Waals surface area contributed by atoms with Gasteiger partial charge < -0.3 is 10.2 Å². The van der Waals surface area contributed by atoms with Crippen LogP contribution in [0.15, 0.2) is 0 Å². The van der Waals surface area contributed by atoms with E-state index in [0.29, 0.717) is 0 Å². The Labute approximate surface area is 113 Å². The van der Waals surface area contributed by atoms with Gasteiger partial charge in [-0.05, 0) is 51.5 Å². The third-order valence-corrected chi connectivity index (χ3v) is 5.90. The van der Waals surface area contributed by atoms with Crippen molar-refractivity contribution in [1.82, 2.24) is 10.2 Å². The summed E-state index contributed by atoms with van der Waals surface area (Å²) in [5.41, 5.74) is 0. The van der Waals surface area contributed by atoms with Gasteiger partial charge >= 0.3 is 0 Å². The molecule has 4 atom stereocenters. The standard InChI is InChI=1S/C16H30N2/c1-12-6-3-4-9-16(12)17-13-10-14-7-5-8-15(11-13)18(14)2/h12-17H,3-11H2,1-2H3. The summed E-state index contributed by atoms with van der Waals surface area (Å²) in [6.45, 7) is 2.45. The van der Waals surface area contributed by atoms with Crippen LogP contribution in [0.3, 0.4) is 0 Å². The van der Waals surface area contributed by atoms with Crippen LogP contribution in [-0.2, 0) is 0 Å². The van der Waals surface area contributed by atoms with E-state index >= 15 is 0 Å². The van der Waals surface area contributed by atoms with E-state index in [2.05, 4.69) is 24.2 Å². The Kier molecular flexibility index (Phi) is 3.95. The van der Waals surface area contributed by atoms with Crippen molar-refractivity contribution in [2.75, 3.05) is 7.05 Å². The van der Waals surface area contributed by atoms with Crippen molar-refractivity contribution in [3.8, 4) is 0 Å². The molecule has 0 aromatic carbocycles. The highest BCUT2D eigenvalue weighted by Crippen LogP contribution is 2.34. The highest BCUT2D eigenvalue weighted by Gasteiger charge is 2.37. The zero-order chi connectivity index (χ0) is 12.5. The second-order valence-corrected chi connectivity index (χ2v) is 7.11. The number of hydrogen-bond donors (Lipinski definition) is 1. The van der Waals surface area contributed by atoms with Gasteiger partial charge in [0, 0.05) is 24.2 Å². The van der Waals surface area contributed by atoms with Crippen LogP contribution in [0.5, 0.6) is 0 Å². The molecule has 0 radical (unpaired) electrons. The minimum atomic E-state index is 0.807. The van der Waals surface area contributed by atoms with Crippen molar-refractivity contribution in [2.24, 2.45) is 5.92 Å². The summed E-state index contributed by atoms with van der Waals surface area (Å²) in [5, 5.41) is 4.03. The monoisotopic (exact) mass is 250 g/mol. The lowest BCUT2D eigenvalue weighted by atomic mass is 9.80. The third kappa shape index (κ3) is 2.60. The molecule has 2 nitrogen and oxygen atoms in total. The molecule has 104 valence electrons. The number of piperidine rings is 2. The lowest BCUT2D eigenvalue weighted by Crippen LogP contribution is -2.56. The number of nitrogens with one attached hydrogen (secondary N) is 1. The van der Waals surface area contributed by atoms with Crippen LogP contribution in [0.1, 0.15) is 64.7 Å². The maximum absolute atomic E-state index is 4.03. The Morgan fingerprint density at radius 1 is 0.889 bits per heavy atom. The fraction of sp³-hybridized carbons (Fsp3) is 1.00. The maximum Gasteiger partial charge on any atom is 0.0110 e. The van der Waals surface area contributed by atoms with E-state index in [0.717, 1.165) is 30.1 Å². The van der Waals surface area contributed by atoms with Crippen LogP contribution in [0, 0.1) is 5.92 Å². The highest BCUT2D eigenvalue weighted by atomic mass is 15.2. The van der Waals surface area contributed by atoms with E-state index in [-0.39, 0.29) is 0 Å². The summed E-state index contributed by atoms with van der Waals surface area (Å²) in [4.78, 5) is 2.67.